The minimum Gasteiger partial charge on any atom is -0.452 e. The van der Waals surface area contributed by atoms with Crippen LogP contribution in [-0.4, -0.2) is 36.2 Å². The first-order chi connectivity index (χ1) is 17.8. The summed E-state index contributed by atoms with van der Waals surface area (Å²) in [4.78, 5) is 63.1. The predicted octanol–water partition coefficient (Wildman–Crippen LogP) is 3.53. The molecule has 9 heteroatoms. The van der Waals surface area contributed by atoms with Gasteiger partial charge in [0.15, 0.2) is 6.61 Å². The average molecular weight is 493 g/mol. The molecule has 1 aliphatic rings. The predicted molar refractivity (Wildman–Crippen MR) is 135 cm³/mol. The molecule has 1 heterocycles. The second-order valence-corrected chi connectivity index (χ2v) is 8.27. The van der Waals surface area contributed by atoms with Crippen molar-refractivity contribution in [1.29, 1.82) is 0 Å². The minimum atomic E-state index is -0.753. The lowest BCUT2D eigenvalue weighted by molar-refractivity contribution is -0.119. The average Bonchev–Trinajstić information content (AvgIpc) is 2.91. The summed E-state index contributed by atoms with van der Waals surface area (Å²) in [7, 11) is 0. The van der Waals surface area contributed by atoms with Crippen LogP contribution in [-0.2, 0) is 9.53 Å². The van der Waals surface area contributed by atoms with Crippen molar-refractivity contribution in [1.82, 2.24) is 0 Å². The van der Waals surface area contributed by atoms with E-state index in [-0.39, 0.29) is 5.56 Å². The van der Waals surface area contributed by atoms with Crippen molar-refractivity contribution in [3.63, 3.8) is 0 Å². The number of carbonyl (C=O) groups excluding carboxylic acids is 5. The van der Waals surface area contributed by atoms with Crippen LogP contribution in [0.15, 0.2) is 84.9 Å². The zero-order valence-electron chi connectivity index (χ0n) is 19.3. The molecule has 4 amide bonds. The number of nitrogens with two attached hydrogens (primary N) is 1. The molecule has 0 bridgehead atoms. The molecule has 0 radical (unpaired) electrons. The highest BCUT2D eigenvalue weighted by Gasteiger charge is 2.33. The van der Waals surface area contributed by atoms with E-state index in [0.29, 0.717) is 33.5 Å². The summed E-state index contributed by atoms with van der Waals surface area (Å²) >= 11 is 0. The highest BCUT2D eigenvalue weighted by molar-refractivity contribution is 6.35. The van der Waals surface area contributed by atoms with Crippen molar-refractivity contribution in [2.24, 2.45) is 5.73 Å². The maximum Gasteiger partial charge on any atom is 0.338 e. The molecule has 0 spiro atoms. The number of anilines is 2. The lowest BCUT2D eigenvalue weighted by atomic mass is 9.94. The largest absolute Gasteiger partial charge is 0.452 e. The Hall–Kier alpha value is -5.31. The topological polar surface area (TPSA) is 136 Å². The van der Waals surface area contributed by atoms with Crippen LogP contribution in [0.3, 0.4) is 0 Å². The number of hydrogen-bond acceptors (Lipinski definition) is 6. The van der Waals surface area contributed by atoms with Gasteiger partial charge >= 0.3 is 5.97 Å². The Kier molecular flexibility index (Phi) is 5.94. The van der Waals surface area contributed by atoms with E-state index in [4.69, 9.17) is 10.5 Å². The molecule has 4 aromatic carbocycles. The fourth-order valence-corrected chi connectivity index (χ4v) is 4.14. The summed E-state index contributed by atoms with van der Waals surface area (Å²) < 4.78 is 5.06. The number of esters is 1. The standard InChI is InChI=1S/C28H19N3O6/c29-25(33)17-7-11-19(12-8-17)30-23(32)15-37-28(36)18-9-13-20(14-10-18)31-26(34)21-5-1-3-16-4-2-6-22(24(16)21)27(31)35/h1-14H,15H2,(H2,29,33)(H,30,32). The van der Waals surface area contributed by atoms with E-state index in [0.717, 1.165) is 10.3 Å². The van der Waals surface area contributed by atoms with Gasteiger partial charge in [0, 0.05) is 27.8 Å². The maximum atomic E-state index is 13.2. The van der Waals surface area contributed by atoms with Gasteiger partial charge in [0.2, 0.25) is 5.91 Å². The number of carbonyl (C=O) groups is 5. The first-order valence-corrected chi connectivity index (χ1v) is 11.2. The maximum absolute atomic E-state index is 13.2. The fraction of sp³-hybridized carbons (Fsp3) is 0.0357. The molecule has 4 aromatic rings. The molecule has 0 aromatic heterocycles. The highest BCUT2D eigenvalue weighted by Crippen LogP contribution is 2.32. The third-order valence-corrected chi connectivity index (χ3v) is 5.92. The molecule has 5 rings (SSSR count). The number of imide groups is 1. The van der Waals surface area contributed by atoms with Crippen molar-refractivity contribution >= 4 is 51.7 Å². The quantitative estimate of drug-likeness (QED) is 0.312. The van der Waals surface area contributed by atoms with Crippen LogP contribution in [0.25, 0.3) is 10.8 Å². The minimum absolute atomic E-state index is 0.141. The molecule has 0 unspecified atom stereocenters. The molecule has 0 aliphatic carbocycles. The Morgan fingerprint density at radius 1 is 0.757 bits per heavy atom. The monoisotopic (exact) mass is 493 g/mol. The van der Waals surface area contributed by atoms with Crippen LogP contribution in [0, 0.1) is 0 Å². The van der Waals surface area contributed by atoms with Crippen LogP contribution >= 0.6 is 0 Å². The Labute approximate surface area is 210 Å². The molecule has 0 saturated heterocycles. The normalized spacial score (nSPS) is 12.4. The lowest BCUT2D eigenvalue weighted by Crippen LogP contribution is -2.40. The summed E-state index contributed by atoms with van der Waals surface area (Å²) in [6.07, 6.45) is 0. The van der Waals surface area contributed by atoms with Gasteiger partial charge in [0.05, 0.1) is 11.3 Å². The molecule has 3 N–H and O–H groups in total. The molecular weight excluding hydrogens is 474 g/mol. The number of benzene rings is 4. The number of primary amides is 1. The van der Waals surface area contributed by atoms with Crippen LogP contribution in [0.5, 0.6) is 0 Å². The third kappa shape index (κ3) is 4.41. The zero-order valence-corrected chi connectivity index (χ0v) is 19.3. The first kappa shape index (κ1) is 23.4. The summed E-state index contributed by atoms with van der Waals surface area (Å²) in [5, 5.41) is 3.97. The van der Waals surface area contributed by atoms with Gasteiger partial charge in [-0.2, -0.15) is 0 Å². The molecule has 0 atom stereocenters. The number of nitrogens with zero attached hydrogens (tertiary/aromatic N) is 1. The molecule has 0 saturated carbocycles. The molecule has 37 heavy (non-hydrogen) atoms. The van der Waals surface area contributed by atoms with Crippen molar-refractivity contribution in [3.8, 4) is 0 Å². The Balaban J connectivity index is 1.25. The number of hydrogen-bond donors (Lipinski definition) is 2. The van der Waals surface area contributed by atoms with Gasteiger partial charge in [0.25, 0.3) is 17.7 Å². The summed E-state index contributed by atoms with van der Waals surface area (Å²) in [5.74, 6) is -2.82. The summed E-state index contributed by atoms with van der Waals surface area (Å²) in [5.41, 5.74) is 7.17. The van der Waals surface area contributed by atoms with E-state index in [9.17, 15) is 24.0 Å². The van der Waals surface area contributed by atoms with Gasteiger partial charge in [-0.1, -0.05) is 24.3 Å². The Bertz CT molecular complexity index is 1540. The molecule has 182 valence electrons. The van der Waals surface area contributed by atoms with Gasteiger partial charge < -0.3 is 15.8 Å². The number of amides is 4. The molecule has 9 nitrogen and oxygen atoms in total. The molecule has 1 aliphatic heterocycles. The van der Waals surface area contributed by atoms with Crippen LogP contribution in [0.1, 0.15) is 41.4 Å². The second-order valence-electron chi connectivity index (χ2n) is 8.27. The first-order valence-electron chi connectivity index (χ1n) is 11.2. The second kappa shape index (κ2) is 9.38. The smallest absolute Gasteiger partial charge is 0.338 e. The van der Waals surface area contributed by atoms with Gasteiger partial charge in [-0.15, -0.1) is 0 Å². The Morgan fingerprint density at radius 3 is 1.89 bits per heavy atom. The number of rotatable bonds is 6. The van der Waals surface area contributed by atoms with Crippen LogP contribution in [0.2, 0.25) is 0 Å². The van der Waals surface area contributed by atoms with Crippen molar-refractivity contribution in [2.75, 3.05) is 16.8 Å². The number of ether oxygens (including phenoxy) is 1. The Morgan fingerprint density at radius 2 is 1.32 bits per heavy atom. The van der Waals surface area contributed by atoms with Gasteiger partial charge in [0.1, 0.15) is 0 Å². The fourth-order valence-electron chi connectivity index (χ4n) is 4.14. The van der Waals surface area contributed by atoms with Gasteiger partial charge in [-0.05, 0) is 66.0 Å². The van der Waals surface area contributed by atoms with Gasteiger partial charge in [-0.3, -0.25) is 19.2 Å². The summed E-state index contributed by atoms with van der Waals surface area (Å²) in [6, 6.07) is 22.3. The van der Waals surface area contributed by atoms with Crippen molar-refractivity contribution in [2.45, 2.75) is 0 Å². The van der Waals surface area contributed by atoms with E-state index >= 15 is 0 Å². The third-order valence-electron chi connectivity index (χ3n) is 5.92. The highest BCUT2D eigenvalue weighted by atomic mass is 16.5. The van der Waals surface area contributed by atoms with E-state index in [2.05, 4.69) is 5.32 Å². The number of nitrogens with one attached hydrogen (secondary N) is 1. The van der Waals surface area contributed by atoms with Gasteiger partial charge in [-0.25, -0.2) is 9.69 Å². The van der Waals surface area contributed by atoms with E-state index in [1.54, 1.807) is 24.3 Å². The van der Waals surface area contributed by atoms with Crippen molar-refractivity contribution in [3.05, 3.63) is 107 Å². The van der Waals surface area contributed by atoms with Crippen molar-refractivity contribution < 1.29 is 28.7 Å². The summed E-state index contributed by atoms with van der Waals surface area (Å²) in [6.45, 7) is -0.540. The van der Waals surface area contributed by atoms with E-state index in [1.807, 2.05) is 12.1 Å². The SMILES string of the molecule is NC(=O)c1ccc(NC(=O)COC(=O)c2ccc(N3C(=O)c4cccc5cccc(c45)C3=O)cc2)cc1. The van der Waals surface area contributed by atoms with Crippen LogP contribution in [0.4, 0.5) is 11.4 Å². The molecular formula is C28H19N3O6. The molecule has 0 fully saturated rings. The zero-order chi connectivity index (χ0) is 26.1. The van der Waals surface area contributed by atoms with E-state index < -0.39 is 36.2 Å². The lowest BCUT2D eigenvalue weighted by Gasteiger charge is -2.27. The van der Waals surface area contributed by atoms with E-state index in [1.165, 1.54) is 48.5 Å². The van der Waals surface area contributed by atoms with Crippen LogP contribution < -0.4 is 16.0 Å².